The Hall–Kier alpha value is -3.38. The summed E-state index contributed by atoms with van der Waals surface area (Å²) in [5.41, 5.74) is 5.01. The van der Waals surface area contributed by atoms with Crippen LogP contribution in [0, 0.1) is 13.8 Å². The number of H-pyrrole nitrogens is 1. The summed E-state index contributed by atoms with van der Waals surface area (Å²) in [6, 6.07) is 15.6. The van der Waals surface area contributed by atoms with Crippen LogP contribution in [0.5, 0.6) is 0 Å². The molecule has 2 N–H and O–H groups in total. The lowest BCUT2D eigenvalue weighted by Gasteiger charge is -2.08. The van der Waals surface area contributed by atoms with Crippen LogP contribution in [0.1, 0.15) is 38.3 Å². The summed E-state index contributed by atoms with van der Waals surface area (Å²) in [4.78, 5) is 30.3. The predicted octanol–water partition coefficient (Wildman–Crippen LogP) is 3.86. The molecule has 7 heteroatoms. The third kappa shape index (κ3) is 4.54. The van der Waals surface area contributed by atoms with Crippen LogP contribution < -0.4 is 10.9 Å². The lowest BCUT2D eigenvalue weighted by atomic mass is 10.0. The Kier molecular flexibility index (Phi) is 5.91. The van der Waals surface area contributed by atoms with E-state index in [-0.39, 0.29) is 11.5 Å². The Balaban J connectivity index is 1.53. The van der Waals surface area contributed by atoms with Gasteiger partial charge >= 0.3 is 0 Å². The van der Waals surface area contributed by atoms with Crippen LogP contribution in [0.25, 0.3) is 5.65 Å². The van der Waals surface area contributed by atoms with Crippen LogP contribution in [0.3, 0.4) is 0 Å². The number of fused-ring (bicyclic) bond motifs is 1. The van der Waals surface area contributed by atoms with Crippen LogP contribution in [-0.2, 0) is 12.8 Å². The van der Waals surface area contributed by atoms with Crippen LogP contribution >= 0.6 is 11.6 Å². The number of aromatic nitrogens is 3. The van der Waals surface area contributed by atoms with E-state index in [1.807, 2.05) is 55.5 Å². The van der Waals surface area contributed by atoms with Gasteiger partial charge in [0.25, 0.3) is 11.5 Å². The number of hydrogen-bond acceptors (Lipinski definition) is 3. The van der Waals surface area contributed by atoms with Crippen molar-refractivity contribution >= 4 is 23.2 Å². The highest BCUT2D eigenvalue weighted by atomic mass is 35.5. The zero-order chi connectivity index (χ0) is 22.0. The molecule has 0 spiro atoms. The van der Waals surface area contributed by atoms with Gasteiger partial charge in [-0.2, -0.15) is 0 Å². The van der Waals surface area contributed by atoms with Crippen molar-refractivity contribution in [3.8, 4) is 0 Å². The summed E-state index contributed by atoms with van der Waals surface area (Å²) in [5, 5.41) is 6.45. The normalized spacial score (nSPS) is 11.1. The number of rotatable bonds is 6. The lowest BCUT2D eigenvalue weighted by Crippen LogP contribution is -2.27. The van der Waals surface area contributed by atoms with E-state index >= 15 is 0 Å². The minimum atomic E-state index is -0.273. The largest absolute Gasteiger partial charge is 0.352 e. The molecule has 0 atom stereocenters. The maximum absolute atomic E-state index is 13.0. The summed E-state index contributed by atoms with van der Waals surface area (Å²) in [7, 11) is 0. The van der Waals surface area contributed by atoms with Gasteiger partial charge in [-0.1, -0.05) is 53.6 Å². The molecule has 0 unspecified atom stereocenters. The van der Waals surface area contributed by atoms with Crippen molar-refractivity contribution < 1.29 is 4.79 Å². The molecule has 0 fully saturated rings. The summed E-state index contributed by atoms with van der Waals surface area (Å²) in [5.74, 6) is -0.273. The molecule has 158 valence electrons. The highest BCUT2D eigenvalue weighted by molar-refractivity contribution is 6.30. The van der Waals surface area contributed by atoms with E-state index in [0.717, 1.165) is 11.1 Å². The lowest BCUT2D eigenvalue weighted by molar-refractivity contribution is 0.0955. The Morgan fingerprint density at radius 2 is 1.74 bits per heavy atom. The molecule has 0 saturated carbocycles. The number of hydrogen-bond donors (Lipinski definition) is 2. The van der Waals surface area contributed by atoms with Gasteiger partial charge in [-0.3, -0.25) is 14.7 Å². The number of nitrogens with one attached hydrogen (secondary N) is 2. The van der Waals surface area contributed by atoms with Gasteiger partial charge in [0.05, 0.1) is 0 Å². The molecule has 0 aliphatic rings. The second-order valence-electron chi connectivity index (χ2n) is 7.62. The fourth-order valence-electron chi connectivity index (χ4n) is 3.50. The molecular weight excluding hydrogens is 412 g/mol. The molecule has 1 amide bonds. The average molecular weight is 435 g/mol. The highest BCUT2D eigenvalue weighted by Crippen LogP contribution is 2.14. The molecule has 0 aliphatic carbocycles. The number of amides is 1. The first-order valence-electron chi connectivity index (χ1n) is 10.1. The molecule has 4 aromatic rings. The first-order chi connectivity index (χ1) is 14.9. The van der Waals surface area contributed by atoms with Crippen LogP contribution in [0.15, 0.2) is 59.5 Å². The number of nitrogens with zero attached hydrogens (tertiary/aromatic N) is 2. The molecule has 2 aromatic carbocycles. The molecule has 0 aliphatic heterocycles. The Morgan fingerprint density at radius 1 is 1.06 bits per heavy atom. The second kappa shape index (κ2) is 8.78. The van der Waals surface area contributed by atoms with Gasteiger partial charge in [0.2, 0.25) is 0 Å². The first kappa shape index (κ1) is 20.9. The molecule has 4 rings (SSSR count). The van der Waals surface area contributed by atoms with E-state index in [1.54, 1.807) is 6.92 Å². The number of carbonyl (C=O) groups excluding carboxylic acids is 1. The van der Waals surface area contributed by atoms with Crippen molar-refractivity contribution in [3.05, 3.63) is 104 Å². The number of aromatic amines is 1. The standard InChI is InChI=1S/C24H23ClN4O2/c1-15-3-5-18(6-4-15)13-20-16(2)28-22-21(14-27-29(22)24(20)31)23(30)26-12-11-17-7-9-19(25)10-8-17/h3-10,14,27H,11-13H2,1-2H3,(H,26,30). The zero-order valence-electron chi connectivity index (χ0n) is 17.4. The maximum Gasteiger partial charge on any atom is 0.276 e. The topological polar surface area (TPSA) is 79.3 Å². The van der Waals surface area contributed by atoms with E-state index < -0.39 is 0 Å². The van der Waals surface area contributed by atoms with Crippen molar-refractivity contribution in [1.29, 1.82) is 0 Å². The molecule has 0 bridgehead atoms. The number of halogens is 1. The molecular formula is C24H23ClN4O2. The third-order valence-corrected chi connectivity index (χ3v) is 5.57. The fraction of sp³-hybridized carbons (Fsp3) is 0.208. The molecule has 6 nitrogen and oxygen atoms in total. The summed E-state index contributed by atoms with van der Waals surface area (Å²) < 4.78 is 1.34. The number of benzene rings is 2. The monoisotopic (exact) mass is 434 g/mol. The van der Waals surface area contributed by atoms with E-state index in [2.05, 4.69) is 15.4 Å². The average Bonchev–Trinajstić information content (AvgIpc) is 3.18. The first-order valence-corrected chi connectivity index (χ1v) is 10.5. The van der Waals surface area contributed by atoms with E-state index in [9.17, 15) is 9.59 Å². The molecule has 0 radical (unpaired) electrons. The Bertz CT molecular complexity index is 1290. The maximum atomic E-state index is 13.0. The molecule has 31 heavy (non-hydrogen) atoms. The van der Waals surface area contributed by atoms with Crippen molar-refractivity contribution in [2.75, 3.05) is 6.54 Å². The van der Waals surface area contributed by atoms with Crippen LogP contribution in [0.4, 0.5) is 0 Å². The Labute approximate surface area is 184 Å². The summed E-state index contributed by atoms with van der Waals surface area (Å²) in [6.45, 7) is 4.30. The highest BCUT2D eigenvalue weighted by Gasteiger charge is 2.18. The quantitative estimate of drug-likeness (QED) is 0.483. The van der Waals surface area contributed by atoms with Gasteiger partial charge < -0.3 is 5.32 Å². The van der Waals surface area contributed by atoms with Crippen molar-refractivity contribution in [1.82, 2.24) is 19.9 Å². The van der Waals surface area contributed by atoms with E-state index in [4.69, 9.17) is 11.6 Å². The van der Waals surface area contributed by atoms with Gasteiger partial charge in [-0.15, -0.1) is 0 Å². The molecule has 2 heterocycles. The number of aryl methyl sites for hydroxylation is 2. The van der Waals surface area contributed by atoms with Gasteiger partial charge in [0.1, 0.15) is 5.56 Å². The minimum Gasteiger partial charge on any atom is -0.352 e. The van der Waals surface area contributed by atoms with Crippen molar-refractivity contribution in [3.63, 3.8) is 0 Å². The van der Waals surface area contributed by atoms with Crippen LogP contribution in [-0.4, -0.2) is 27.0 Å². The van der Waals surface area contributed by atoms with E-state index in [1.165, 1.54) is 16.3 Å². The van der Waals surface area contributed by atoms with Gasteiger partial charge in [-0.05, 0) is 43.5 Å². The molecule has 0 saturated heterocycles. The third-order valence-electron chi connectivity index (χ3n) is 5.32. The smallest absolute Gasteiger partial charge is 0.276 e. The fourth-order valence-corrected chi connectivity index (χ4v) is 3.63. The number of carbonyl (C=O) groups is 1. The SMILES string of the molecule is Cc1ccc(Cc2c(C)nc3c(C(=O)NCCc4ccc(Cl)cc4)c[nH]n3c2=O)cc1. The van der Waals surface area contributed by atoms with Gasteiger partial charge in [0.15, 0.2) is 5.65 Å². The predicted molar refractivity (Wildman–Crippen MR) is 122 cm³/mol. The minimum absolute atomic E-state index is 0.191. The second-order valence-corrected chi connectivity index (χ2v) is 8.06. The zero-order valence-corrected chi connectivity index (χ0v) is 18.2. The van der Waals surface area contributed by atoms with Gasteiger partial charge in [-0.25, -0.2) is 9.50 Å². The van der Waals surface area contributed by atoms with Crippen molar-refractivity contribution in [2.24, 2.45) is 0 Å². The summed E-state index contributed by atoms with van der Waals surface area (Å²) >= 11 is 5.90. The molecule has 2 aromatic heterocycles. The Morgan fingerprint density at radius 3 is 2.45 bits per heavy atom. The van der Waals surface area contributed by atoms with Gasteiger partial charge in [0, 0.05) is 35.4 Å². The van der Waals surface area contributed by atoms with Crippen molar-refractivity contribution in [2.45, 2.75) is 26.7 Å². The van der Waals surface area contributed by atoms with Crippen LogP contribution in [0.2, 0.25) is 5.02 Å². The summed E-state index contributed by atoms with van der Waals surface area (Å²) in [6.07, 6.45) is 2.69. The van der Waals surface area contributed by atoms with E-state index in [0.29, 0.717) is 46.9 Å².